The molecule has 2 N–H and O–H groups in total. The Balaban J connectivity index is 1.52. The molecule has 3 heterocycles. The summed E-state index contributed by atoms with van der Waals surface area (Å²) in [5.41, 5.74) is 6.36. The normalized spacial score (nSPS) is 14.3. The first-order valence-corrected chi connectivity index (χ1v) is 12.3. The number of fused-ring (bicyclic) bond motifs is 3. The molecule has 2 aromatic heterocycles. The van der Waals surface area contributed by atoms with E-state index in [4.69, 9.17) is 10.3 Å². The lowest BCUT2D eigenvalue weighted by Gasteiger charge is -2.12. The highest BCUT2D eigenvalue weighted by molar-refractivity contribution is 7.15. The number of nitriles is 1. The van der Waals surface area contributed by atoms with E-state index in [2.05, 4.69) is 35.4 Å². The van der Waals surface area contributed by atoms with E-state index in [-0.39, 0.29) is 6.42 Å². The van der Waals surface area contributed by atoms with Gasteiger partial charge in [-0.15, -0.1) is 21.5 Å². The first kappa shape index (κ1) is 23.5. The van der Waals surface area contributed by atoms with Gasteiger partial charge in [0, 0.05) is 28.2 Å². The van der Waals surface area contributed by atoms with Crippen LogP contribution in [0.3, 0.4) is 0 Å². The van der Waals surface area contributed by atoms with Gasteiger partial charge in [-0.25, -0.2) is 0 Å². The van der Waals surface area contributed by atoms with E-state index >= 15 is 0 Å². The lowest BCUT2D eigenvalue weighted by Crippen LogP contribution is -2.10. The van der Waals surface area contributed by atoms with Gasteiger partial charge in [-0.3, -0.25) is 14.4 Å². The summed E-state index contributed by atoms with van der Waals surface area (Å²) in [5.74, 6) is 0.318. The van der Waals surface area contributed by atoms with Gasteiger partial charge in [-0.05, 0) is 56.2 Å². The van der Waals surface area contributed by atoms with E-state index in [0.29, 0.717) is 23.8 Å². The molecule has 180 valence electrons. The zero-order valence-corrected chi connectivity index (χ0v) is 20.9. The zero-order chi connectivity index (χ0) is 25.4. The highest BCUT2D eigenvalue weighted by Crippen LogP contribution is 2.39. The maximum atomic E-state index is 11.7. The van der Waals surface area contributed by atoms with Crippen LogP contribution < -0.4 is 5.32 Å². The van der Waals surface area contributed by atoms with Crippen LogP contribution in [0.15, 0.2) is 53.5 Å². The SMILES string of the molecule is Cc1sc2c(c1C)C(c1ccc(NCc3cccc(C#N)c3)cc1)=N[C@@H](CC(=O)O)c1nnc(C)n1-2. The molecule has 0 amide bonds. The van der Waals surface area contributed by atoms with Crippen LogP contribution in [-0.4, -0.2) is 31.6 Å². The fourth-order valence-corrected chi connectivity index (χ4v) is 5.61. The highest BCUT2D eigenvalue weighted by atomic mass is 32.1. The summed E-state index contributed by atoms with van der Waals surface area (Å²) in [6.45, 7) is 6.62. The van der Waals surface area contributed by atoms with E-state index in [9.17, 15) is 9.90 Å². The Morgan fingerprint density at radius 3 is 2.67 bits per heavy atom. The van der Waals surface area contributed by atoms with Gasteiger partial charge in [0.25, 0.3) is 0 Å². The number of carboxylic acids is 1. The quantitative estimate of drug-likeness (QED) is 0.383. The number of aliphatic imine (C=N–C) groups is 1. The van der Waals surface area contributed by atoms with Gasteiger partial charge >= 0.3 is 5.97 Å². The number of hydrogen-bond acceptors (Lipinski definition) is 7. The van der Waals surface area contributed by atoms with Crippen LogP contribution in [0.25, 0.3) is 5.00 Å². The molecule has 0 saturated carbocycles. The maximum Gasteiger partial charge on any atom is 0.306 e. The summed E-state index contributed by atoms with van der Waals surface area (Å²) in [7, 11) is 0. The number of hydrogen-bond donors (Lipinski definition) is 2. The number of thiophene rings is 1. The number of aliphatic carboxylic acids is 1. The number of carboxylic acid groups (broad SMARTS) is 1. The molecule has 8 nitrogen and oxygen atoms in total. The number of nitrogens with zero attached hydrogens (tertiary/aromatic N) is 5. The molecule has 0 spiro atoms. The van der Waals surface area contributed by atoms with Crippen molar-refractivity contribution in [3.8, 4) is 11.1 Å². The van der Waals surface area contributed by atoms with Crippen molar-refractivity contribution >= 4 is 28.7 Å². The van der Waals surface area contributed by atoms with Crippen LogP contribution >= 0.6 is 11.3 Å². The van der Waals surface area contributed by atoms with E-state index in [0.717, 1.165) is 38.7 Å². The van der Waals surface area contributed by atoms with Crippen molar-refractivity contribution in [1.29, 1.82) is 5.26 Å². The minimum Gasteiger partial charge on any atom is -0.481 e. The van der Waals surface area contributed by atoms with Gasteiger partial charge in [0.2, 0.25) is 0 Å². The predicted octanol–water partition coefficient (Wildman–Crippen LogP) is 5.10. The molecular formula is C27H24N6O2S. The second-order valence-corrected chi connectivity index (χ2v) is 9.94. The summed E-state index contributed by atoms with van der Waals surface area (Å²) in [4.78, 5) is 17.8. The van der Waals surface area contributed by atoms with E-state index in [1.54, 1.807) is 17.4 Å². The van der Waals surface area contributed by atoms with Crippen molar-refractivity contribution in [1.82, 2.24) is 14.8 Å². The number of anilines is 1. The van der Waals surface area contributed by atoms with Crippen LogP contribution in [0.2, 0.25) is 0 Å². The Bertz CT molecular complexity index is 1540. The molecule has 4 aromatic rings. The summed E-state index contributed by atoms with van der Waals surface area (Å²) in [5, 5.41) is 31.6. The monoisotopic (exact) mass is 496 g/mol. The molecule has 0 saturated heterocycles. The van der Waals surface area contributed by atoms with E-state index in [1.165, 1.54) is 4.88 Å². The first-order chi connectivity index (χ1) is 17.4. The third kappa shape index (κ3) is 4.27. The Labute approximate surface area is 212 Å². The second kappa shape index (κ2) is 9.40. The van der Waals surface area contributed by atoms with E-state index < -0.39 is 12.0 Å². The predicted molar refractivity (Wildman–Crippen MR) is 139 cm³/mol. The van der Waals surface area contributed by atoms with Crippen LogP contribution in [-0.2, 0) is 11.3 Å². The number of carbonyl (C=O) groups is 1. The van der Waals surface area contributed by atoms with Gasteiger partial charge in [0.15, 0.2) is 5.82 Å². The minimum atomic E-state index is -0.937. The molecule has 0 unspecified atom stereocenters. The number of aromatic nitrogens is 3. The van der Waals surface area contributed by atoms with Crippen molar-refractivity contribution < 1.29 is 9.90 Å². The smallest absolute Gasteiger partial charge is 0.306 e. The molecule has 0 fully saturated rings. The van der Waals surface area contributed by atoms with Crippen molar-refractivity contribution in [2.24, 2.45) is 4.99 Å². The van der Waals surface area contributed by atoms with Crippen LogP contribution in [0.4, 0.5) is 5.69 Å². The number of aryl methyl sites for hydroxylation is 2. The summed E-state index contributed by atoms with van der Waals surface area (Å²) in [6, 6.07) is 17.0. The molecule has 36 heavy (non-hydrogen) atoms. The van der Waals surface area contributed by atoms with Crippen molar-refractivity contribution in [3.63, 3.8) is 0 Å². The molecular weight excluding hydrogens is 472 g/mol. The number of nitrogens with one attached hydrogen (secondary N) is 1. The Morgan fingerprint density at radius 2 is 1.94 bits per heavy atom. The molecule has 1 atom stereocenters. The number of benzene rings is 2. The van der Waals surface area contributed by atoms with Crippen molar-refractivity contribution in [2.75, 3.05) is 5.32 Å². The second-order valence-electron chi connectivity index (χ2n) is 8.74. The van der Waals surface area contributed by atoms with Crippen molar-refractivity contribution in [3.05, 3.63) is 92.9 Å². The van der Waals surface area contributed by atoms with E-state index in [1.807, 2.05) is 54.0 Å². The molecule has 0 aliphatic carbocycles. The molecule has 0 radical (unpaired) electrons. The van der Waals surface area contributed by atoms with Gasteiger partial charge in [-0.2, -0.15) is 5.26 Å². The standard InChI is InChI=1S/C27H24N6O2S/c1-15-16(2)36-27-24(15)25(30-22(12-23(34)35)26-32-31-17(3)33(26)27)20-7-9-21(10-8-20)29-14-19-6-4-5-18(11-19)13-28/h4-11,22,29H,12,14H2,1-3H3,(H,34,35)/t22-/m0/s1. The molecule has 0 bridgehead atoms. The third-order valence-corrected chi connectivity index (χ3v) is 7.51. The molecule has 1 aliphatic rings. The average Bonchev–Trinajstić information content (AvgIpc) is 3.35. The fraction of sp³-hybridized carbons (Fsp3) is 0.222. The van der Waals surface area contributed by atoms with Crippen LogP contribution in [0.1, 0.15) is 56.8 Å². The summed E-state index contributed by atoms with van der Waals surface area (Å²) in [6.07, 6.45) is -0.171. The zero-order valence-electron chi connectivity index (χ0n) is 20.1. The Morgan fingerprint density at radius 1 is 1.17 bits per heavy atom. The van der Waals surface area contributed by atoms with Gasteiger partial charge in [-0.1, -0.05) is 24.3 Å². The Kier molecular flexibility index (Phi) is 6.12. The van der Waals surface area contributed by atoms with Gasteiger partial charge < -0.3 is 10.4 Å². The fourth-order valence-electron chi connectivity index (χ4n) is 4.39. The Hall–Kier alpha value is -4.29. The maximum absolute atomic E-state index is 11.7. The average molecular weight is 497 g/mol. The molecule has 5 rings (SSSR count). The topological polar surface area (TPSA) is 116 Å². The molecule has 9 heteroatoms. The lowest BCUT2D eigenvalue weighted by atomic mass is 9.99. The van der Waals surface area contributed by atoms with Gasteiger partial charge in [0.1, 0.15) is 16.9 Å². The van der Waals surface area contributed by atoms with Gasteiger partial charge in [0.05, 0.1) is 23.8 Å². The summed E-state index contributed by atoms with van der Waals surface area (Å²) >= 11 is 1.64. The van der Waals surface area contributed by atoms with Crippen LogP contribution in [0.5, 0.6) is 0 Å². The van der Waals surface area contributed by atoms with Crippen LogP contribution in [0, 0.1) is 32.1 Å². The largest absolute Gasteiger partial charge is 0.481 e. The van der Waals surface area contributed by atoms with Crippen molar-refractivity contribution in [2.45, 2.75) is 39.8 Å². The molecule has 1 aliphatic heterocycles. The third-order valence-electron chi connectivity index (χ3n) is 6.32. The first-order valence-electron chi connectivity index (χ1n) is 11.5. The minimum absolute atomic E-state index is 0.171. The number of rotatable bonds is 6. The molecule has 2 aromatic carbocycles. The lowest BCUT2D eigenvalue weighted by molar-refractivity contribution is -0.137. The summed E-state index contributed by atoms with van der Waals surface area (Å²) < 4.78 is 1.95. The highest BCUT2D eigenvalue weighted by Gasteiger charge is 2.32.